The molecule has 1 aliphatic heterocycles. The Balaban J connectivity index is 0.00000208. The zero-order valence-corrected chi connectivity index (χ0v) is 14.5. The third-order valence-electron chi connectivity index (χ3n) is 4.24. The number of hydrogen-bond donors (Lipinski definition) is 2. The molecule has 2 aromatic carbocycles. The van der Waals surface area contributed by atoms with E-state index in [0.29, 0.717) is 13.1 Å². The molecule has 0 aliphatic carbocycles. The Bertz CT molecular complexity index is 708. The molecule has 0 aromatic heterocycles. The zero-order chi connectivity index (χ0) is 16.2. The van der Waals surface area contributed by atoms with Crippen molar-refractivity contribution < 1.29 is 14.3 Å². The number of carbonyl (C=O) groups excluding carboxylic acids is 1. The molecular formula is C18H23ClN2O3. The summed E-state index contributed by atoms with van der Waals surface area (Å²) < 4.78 is 10.8. The number of ether oxygens (including phenoxy) is 2. The maximum absolute atomic E-state index is 12.1. The van der Waals surface area contributed by atoms with Gasteiger partial charge in [-0.3, -0.25) is 4.79 Å². The fourth-order valence-electron chi connectivity index (χ4n) is 2.89. The first-order valence-corrected chi connectivity index (χ1v) is 7.89. The van der Waals surface area contributed by atoms with Crippen molar-refractivity contribution in [2.24, 2.45) is 5.73 Å². The lowest BCUT2D eigenvalue weighted by Gasteiger charge is -2.13. The summed E-state index contributed by atoms with van der Waals surface area (Å²) in [6, 6.07) is 12.1. The van der Waals surface area contributed by atoms with Gasteiger partial charge in [0.15, 0.2) is 0 Å². The van der Waals surface area contributed by atoms with E-state index >= 15 is 0 Å². The summed E-state index contributed by atoms with van der Waals surface area (Å²) in [4.78, 5) is 12.1. The van der Waals surface area contributed by atoms with Gasteiger partial charge in [0.2, 0.25) is 5.91 Å². The van der Waals surface area contributed by atoms with Crippen molar-refractivity contribution in [1.29, 1.82) is 0 Å². The minimum atomic E-state index is -0.367. The Morgan fingerprint density at radius 2 is 2.00 bits per heavy atom. The summed E-state index contributed by atoms with van der Waals surface area (Å²) >= 11 is 0. The number of nitrogens with two attached hydrogens (primary N) is 1. The zero-order valence-electron chi connectivity index (χ0n) is 13.7. The summed E-state index contributed by atoms with van der Waals surface area (Å²) in [5.41, 5.74) is 6.63. The van der Waals surface area contributed by atoms with Crippen LogP contribution in [0.1, 0.15) is 18.4 Å². The van der Waals surface area contributed by atoms with E-state index in [9.17, 15) is 4.79 Å². The van der Waals surface area contributed by atoms with Crippen LogP contribution in [-0.4, -0.2) is 31.8 Å². The number of benzene rings is 2. The summed E-state index contributed by atoms with van der Waals surface area (Å²) in [7, 11) is 1.66. The first kappa shape index (κ1) is 18.5. The fraction of sp³-hybridized carbons (Fsp3) is 0.389. The first-order chi connectivity index (χ1) is 11.2. The van der Waals surface area contributed by atoms with E-state index in [-0.39, 0.29) is 30.5 Å². The van der Waals surface area contributed by atoms with Crippen molar-refractivity contribution in [2.45, 2.75) is 31.6 Å². The number of nitrogens with one attached hydrogen (secondary N) is 1. The molecule has 6 heteroatoms. The number of fused-ring (bicyclic) bond motifs is 1. The van der Waals surface area contributed by atoms with Crippen LogP contribution >= 0.6 is 12.4 Å². The van der Waals surface area contributed by atoms with Gasteiger partial charge in [0.05, 0.1) is 13.2 Å². The molecule has 2 aromatic rings. The van der Waals surface area contributed by atoms with Crippen LogP contribution in [0.5, 0.6) is 5.75 Å². The third kappa shape index (κ3) is 4.17. The molecule has 1 heterocycles. The highest BCUT2D eigenvalue weighted by molar-refractivity contribution is 5.85. The van der Waals surface area contributed by atoms with Gasteiger partial charge in [0, 0.05) is 13.1 Å². The number of halogens is 1. The maximum atomic E-state index is 12.1. The molecule has 1 amide bonds. The number of amides is 1. The molecule has 0 spiro atoms. The lowest BCUT2D eigenvalue weighted by molar-refractivity contribution is -0.132. The van der Waals surface area contributed by atoms with Gasteiger partial charge < -0.3 is 20.5 Å². The Labute approximate surface area is 147 Å². The van der Waals surface area contributed by atoms with E-state index in [2.05, 4.69) is 11.4 Å². The van der Waals surface area contributed by atoms with Crippen molar-refractivity contribution in [1.82, 2.24) is 5.32 Å². The molecule has 2 atom stereocenters. The van der Waals surface area contributed by atoms with Gasteiger partial charge in [-0.25, -0.2) is 0 Å². The highest BCUT2D eigenvalue weighted by Gasteiger charge is 2.29. The van der Waals surface area contributed by atoms with Crippen LogP contribution in [0.25, 0.3) is 10.8 Å². The summed E-state index contributed by atoms with van der Waals surface area (Å²) in [5, 5.41) is 5.18. The van der Waals surface area contributed by atoms with Gasteiger partial charge in [0.25, 0.3) is 0 Å². The van der Waals surface area contributed by atoms with E-state index in [1.807, 2.05) is 30.3 Å². The highest BCUT2D eigenvalue weighted by atomic mass is 35.5. The number of hydrogen-bond acceptors (Lipinski definition) is 4. The van der Waals surface area contributed by atoms with Crippen molar-refractivity contribution in [3.63, 3.8) is 0 Å². The lowest BCUT2D eigenvalue weighted by Crippen LogP contribution is -2.35. The molecule has 0 bridgehead atoms. The van der Waals surface area contributed by atoms with E-state index in [1.165, 1.54) is 0 Å². The van der Waals surface area contributed by atoms with Crippen LogP contribution in [0.15, 0.2) is 36.4 Å². The van der Waals surface area contributed by atoms with Gasteiger partial charge in [-0.15, -0.1) is 12.4 Å². The van der Waals surface area contributed by atoms with Gasteiger partial charge in [-0.05, 0) is 47.4 Å². The average Bonchev–Trinajstić information content (AvgIpc) is 3.08. The third-order valence-corrected chi connectivity index (χ3v) is 4.24. The molecule has 1 fully saturated rings. The van der Waals surface area contributed by atoms with Crippen LogP contribution in [0.4, 0.5) is 0 Å². The smallest absolute Gasteiger partial charge is 0.249 e. The molecule has 1 saturated heterocycles. The molecule has 0 unspecified atom stereocenters. The largest absolute Gasteiger partial charge is 0.497 e. The van der Waals surface area contributed by atoms with E-state index < -0.39 is 0 Å². The van der Waals surface area contributed by atoms with E-state index in [1.54, 1.807) is 7.11 Å². The topological polar surface area (TPSA) is 73.6 Å². The highest BCUT2D eigenvalue weighted by Crippen LogP contribution is 2.22. The molecule has 0 saturated carbocycles. The SMILES string of the molecule is COc1ccc2cc(CNC(=O)[C@@H]3CC[C@H](CN)O3)ccc2c1.Cl. The van der Waals surface area contributed by atoms with Crippen molar-refractivity contribution in [2.75, 3.05) is 13.7 Å². The molecule has 24 heavy (non-hydrogen) atoms. The van der Waals surface area contributed by atoms with Crippen molar-refractivity contribution in [3.8, 4) is 5.75 Å². The van der Waals surface area contributed by atoms with Crippen LogP contribution in [0.3, 0.4) is 0 Å². The lowest BCUT2D eigenvalue weighted by atomic mass is 10.1. The molecule has 130 valence electrons. The summed E-state index contributed by atoms with van der Waals surface area (Å²) in [5.74, 6) is 0.780. The maximum Gasteiger partial charge on any atom is 0.249 e. The predicted octanol–water partition coefficient (Wildman–Crippen LogP) is 2.39. The normalized spacial score (nSPS) is 19.8. The summed E-state index contributed by atoms with van der Waals surface area (Å²) in [6.45, 7) is 0.964. The van der Waals surface area contributed by atoms with Crippen molar-refractivity contribution >= 4 is 29.1 Å². The van der Waals surface area contributed by atoms with Gasteiger partial charge >= 0.3 is 0 Å². The molecule has 3 rings (SSSR count). The Morgan fingerprint density at radius 1 is 1.25 bits per heavy atom. The van der Waals surface area contributed by atoms with Gasteiger partial charge in [-0.1, -0.05) is 18.2 Å². The molecule has 5 nitrogen and oxygen atoms in total. The number of rotatable bonds is 5. The summed E-state index contributed by atoms with van der Waals surface area (Å²) in [6.07, 6.45) is 1.24. The molecule has 0 radical (unpaired) electrons. The second-order valence-electron chi connectivity index (χ2n) is 5.83. The average molecular weight is 351 g/mol. The minimum Gasteiger partial charge on any atom is -0.497 e. The Kier molecular flexibility index (Phi) is 6.43. The van der Waals surface area contributed by atoms with Gasteiger partial charge in [-0.2, -0.15) is 0 Å². The second kappa shape index (κ2) is 8.33. The van der Waals surface area contributed by atoms with Crippen LogP contribution in [0.2, 0.25) is 0 Å². The molecule has 3 N–H and O–H groups in total. The molecular weight excluding hydrogens is 328 g/mol. The quantitative estimate of drug-likeness (QED) is 0.868. The molecule has 1 aliphatic rings. The Hall–Kier alpha value is -1.82. The monoisotopic (exact) mass is 350 g/mol. The number of methoxy groups -OCH3 is 1. The van der Waals surface area contributed by atoms with Crippen LogP contribution in [-0.2, 0) is 16.1 Å². The van der Waals surface area contributed by atoms with Crippen LogP contribution in [0, 0.1) is 0 Å². The van der Waals surface area contributed by atoms with Crippen LogP contribution < -0.4 is 15.8 Å². The first-order valence-electron chi connectivity index (χ1n) is 7.89. The minimum absolute atomic E-state index is 0. The second-order valence-corrected chi connectivity index (χ2v) is 5.83. The fourth-order valence-corrected chi connectivity index (χ4v) is 2.89. The van der Waals surface area contributed by atoms with Gasteiger partial charge in [0.1, 0.15) is 11.9 Å². The van der Waals surface area contributed by atoms with Crippen molar-refractivity contribution in [3.05, 3.63) is 42.0 Å². The standard InChI is InChI=1S/C18H22N2O3.ClH/c1-22-15-5-4-13-8-12(2-3-14(13)9-15)11-20-18(21)17-7-6-16(10-19)23-17;/h2-5,8-9,16-17H,6-7,10-11,19H2,1H3,(H,20,21);1H/t16-,17+;/m1./s1. The number of carbonyl (C=O) groups is 1. The predicted molar refractivity (Wildman–Crippen MR) is 96.5 cm³/mol. The van der Waals surface area contributed by atoms with E-state index in [4.69, 9.17) is 15.2 Å². The Morgan fingerprint density at radius 3 is 2.71 bits per heavy atom. The van der Waals surface area contributed by atoms with E-state index in [0.717, 1.165) is 34.9 Å².